The predicted molar refractivity (Wildman–Crippen MR) is 144 cm³/mol. The number of unbranched alkanes of at least 4 members (excludes halogenated alkanes) is 1. The van der Waals surface area contributed by atoms with Crippen LogP contribution < -0.4 is 21.7 Å². The van der Waals surface area contributed by atoms with E-state index in [9.17, 15) is 24.3 Å². The number of hydrogen-bond acceptors (Lipinski definition) is 7. The lowest BCUT2D eigenvalue weighted by molar-refractivity contribution is -0.145. The number of fused-ring (bicyclic) bond motifs is 1. The minimum absolute atomic E-state index is 0.0536. The highest BCUT2D eigenvalue weighted by Gasteiger charge is 2.31. The second kappa shape index (κ2) is 15.1. The van der Waals surface area contributed by atoms with Crippen LogP contribution in [-0.2, 0) is 30.3 Å². The van der Waals surface area contributed by atoms with Crippen molar-refractivity contribution >= 4 is 34.7 Å². The van der Waals surface area contributed by atoms with E-state index < -0.39 is 47.9 Å². The SMILES string of the molecule is COC(=O)[C@H](CCCCN)NC(=O)[C@H](CC(C)C)NC(=O)[C@H](Cc1c[nH]c2ccccc12)NC(C)C(=O)O. The van der Waals surface area contributed by atoms with Gasteiger partial charge in [-0.2, -0.15) is 0 Å². The van der Waals surface area contributed by atoms with Gasteiger partial charge in [0.1, 0.15) is 18.1 Å². The molecule has 2 amide bonds. The summed E-state index contributed by atoms with van der Waals surface area (Å²) in [6.07, 6.45) is 3.99. The van der Waals surface area contributed by atoms with Crippen LogP contribution >= 0.6 is 0 Å². The highest BCUT2D eigenvalue weighted by molar-refractivity contribution is 5.93. The number of aliphatic carboxylic acids is 1. The molecular weight excluding hydrogens is 490 g/mol. The fraction of sp³-hybridized carbons (Fsp3) is 0.556. The predicted octanol–water partition coefficient (Wildman–Crippen LogP) is 1.46. The smallest absolute Gasteiger partial charge is 0.328 e. The lowest BCUT2D eigenvalue weighted by Crippen LogP contribution is -2.57. The van der Waals surface area contributed by atoms with Gasteiger partial charge in [0.05, 0.1) is 13.2 Å². The van der Waals surface area contributed by atoms with Crippen LogP contribution in [0.25, 0.3) is 10.9 Å². The number of carboxylic acids is 1. The summed E-state index contributed by atoms with van der Waals surface area (Å²) in [6, 6.07) is 3.89. The maximum atomic E-state index is 13.5. The number of para-hydroxylation sites is 1. The van der Waals surface area contributed by atoms with E-state index in [4.69, 9.17) is 10.5 Å². The number of carboxylic acid groups (broad SMARTS) is 1. The number of methoxy groups -OCH3 is 1. The molecule has 210 valence electrons. The van der Waals surface area contributed by atoms with Crippen molar-refractivity contribution in [2.45, 2.75) is 77.0 Å². The van der Waals surface area contributed by atoms with E-state index in [2.05, 4.69) is 20.9 Å². The van der Waals surface area contributed by atoms with Gasteiger partial charge in [-0.05, 0) is 63.1 Å². The van der Waals surface area contributed by atoms with Crippen molar-refractivity contribution in [3.8, 4) is 0 Å². The van der Waals surface area contributed by atoms with Crippen molar-refractivity contribution in [2.75, 3.05) is 13.7 Å². The largest absolute Gasteiger partial charge is 0.480 e. The van der Waals surface area contributed by atoms with Crippen LogP contribution in [0.4, 0.5) is 0 Å². The van der Waals surface area contributed by atoms with Crippen molar-refractivity contribution in [3.05, 3.63) is 36.0 Å². The summed E-state index contributed by atoms with van der Waals surface area (Å²) in [6.45, 7) is 5.76. The van der Waals surface area contributed by atoms with Gasteiger partial charge in [0, 0.05) is 17.1 Å². The number of nitrogens with one attached hydrogen (secondary N) is 4. The van der Waals surface area contributed by atoms with Gasteiger partial charge >= 0.3 is 11.9 Å². The normalized spacial score (nSPS) is 14.5. The maximum absolute atomic E-state index is 13.5. The van der Waals surface area contributed by atoms with Crippen molar-refractivity contribution in [2.24, 2.45) is 11.7 Å². The van der Waals surface area contributed by atoms with Crippen LogP contribution in [0.3, 0.4) is 0 Å². The first kappa shape index (κ1) is 30.8. The number of H-pyrrole nitrogens is 1. The molecule has 11 heteroatoms. The Kier molecular flexibility index (Phi) is 12.2. The highest BCUT2D eigenvalue weighted by Crippen LogP contribution is 2.19. The average Bonchev–Trinajstić information content (AvgIpc) is 3.29. The molecular formula is C27H41N5O6. The first-order valence-corrected chi connectivity index (χ1v) is 13.0. The zero-order valence-corrected chi connectivity index (χ0v) is 22.6. The van der Waals surface area contributed by atoms with Crippen molar-refractivity contribution in [1.82, 2.24) is 20.9 Å². The van der Waals surface area contributed by atoms with Gasteiger partial charge in [0.25, 0.3) is 0 Å². The van der Waals surface area contributed by atoms with Gasteiger partial charge in [0.2, 0.25) is 11.8 Å². The molecule has 1 heterocycles. The third-order valence-electron chi connectivity index (χ3n) is 6.33. The van der Waals surface area contributed by atoms with E-state index in [0.29, 0.717) is 32.2 Å². The number of esters is 1. The minimum Gasteiger partial charge on any atom is -0.480 e. The number of carbonyl (C=O) groups excluding carboxylic acids is 3. The Labute approximate surface area is 223 Å². The molecule has 0 bridgehead atoms. The molecule has 1 unspecified atom stereocenters. The number of carbonyl (C=O) groups is 4. The summed E-state index contributed by atoms with van der Waals surface area (Å²) in [7, 11) is 1.25. The van der Waals surface area contributed by atoms with E-state index in [1.165, 1.54) is 14.0 Å². The van der Waals surface area contributed by atoms with Crippen LogP contribution in [0.2, 0.25) is 0 Å². The van der Waals surface area contributed by atoms with E-state index in [1.54, 1.807) is 6.20 Å². The molecule has 11 nitrogen and oxygen atoms in total. The molecule has 0 aliphatic heterocycles. The number of aromatic amines is 1. The topological polar surface area (TPSA) is 176 Å². The van der Waals surface area contributed by atoms with E-state index in [1.807, 2.05) is 38.1 Å². The second-order valence-corrected chi connectivity index (χ2v) is 9.90. The summed E-state index contributed by atoms with van der Waals surface area (Å²) in [5.74, 6) is -2.64. The molecule has 0 aliphatic rings. The molecule has 0 fully saturated rings. The minimum atomic E-state index is -1.10. The third kappa shape index (κ3) is 9.14. The zero-order valence-electron chi connectivity index (χ0n) is 22.6. The molecule has 1 aromatic carbocycles. The van der Waals surface area contributed by atoms with Gasteiger partial charge in [-0.25, -0.2) is 4.79 Å². The molecule has 1 aromatic heterocycles. The molecule has 0 aliphatic carbocycles. The van der Waals surface area contributed by atoms with Crippen LogP contribution in [0, 0.1) is 5.92 Å². The first-order valence-electron chi connectivity index (χ1n) is 13.0. The average molecular weight is 532 g/mol. The Bertz CT molecular complexity index is 1080. The summed E-state index contributed by atoms with van der Waals surface area (Å²) in [5, 5.41) is 18.8. The lowest BCUT2D eigenvalue weighted by atomic mass is 10.00. The van der Waals surface area contributed by atoms with Gasteiger partial charge < -0.3 is 31.2 Å². The maximum Gasteiger partial charge on any atom is 0.328 e. The molecule has 38 heavy (non-hydrogen) atoms. The number of amides is 2. The van der Waals surface area contributed by atoms with Gasteiger partial charge in [-0.1, -0.05) is 32.0 Å². The van der Waals surface area contributed by atoms with E-state index in [0.717, 1.165) is 16.5 Å². The lowest BCUT2D eigenvalue weighted by Gasteiger charge is -2.26. The van der Waals surface area contributed by atoms with Crippen LogP contribution in [0.15, 0.2) is 30.5 Å². The van der Waals surface area contributed by atoms with Crippen LogP contribution in [0.1, 0.15) is 52.0 Å². The van der Waals surface area contributed by atoms with E-state index >= 15 is 0 Å². The molecule has 2 aromatic rings. The Hall–Kier alpha value is -3.44. The number of aromatic nitrogens is 1. The zero-order chi connectivity index (χ0) is 28.2. The molecule has 2 rings (SSSR count). The van der Waals surface area contributed by atoms with Crippen molar-refractivity contribution in [1.29, 1.82) is 0 Å². The molecule has 0 radical (unpaired) electrons. The molecule has 0 saturated carbocycles. The fourth-order valence-corrected chi connectivity index (χ4v) is 4.25. The second-order valence-electron chi connectivity index (χ2n) is 9.90. The molecule has 0 spiro atoms. The van der Waals surface area contributed by atoms with E-state index in [-0.39, 0.29) is 12.3 Å². The Morgan fingerprint density at radius 3 is 2.29 bits per heavy atom. The number of nitrogens with two attached hydrogens (primary N) is 1. The third-order valence-corrected chi connectivity index (χ3v) is 6.33. The van der Waals surface area contributed by atoms with Gasteiger partial charge in [0.15, 0.2) is 0 Å². The summed E-state index contributed by atoms with van der Waals surface area (Å²) in [5.41, 5.74) is 7.28. The summed E-state index contributed by atoms with van der Waals surface area (Å²) >= 11 is 0. The monoisotopic (exact) mass is 531 g/mol. The number of ether oxygens (including phenoxy) is 1. The Morgan fingerprint density at radius 1 is 1.00 bits per heavy atom. The number of hydrogen-bond donors (Lipinski definition) is 6. The Balaban J connectivity index is 2.24. The first-order chi connectivity index (χ1) is 18.1. The standard InChI is InChI=1S/C27H41N5O6/c1-16(2)13-22(24(33)31-21(27(37)38-4)11-7-8-12-28)32-25(34)23(30-17(3)26(35)36)14-18-15-29-20-10-6-5-9-19(18)20/h5-6,9-10,15-17,21-23,29-30H,7-8,11-14,28H2,1-4H3,(H,31,33)(H,32,34)(H,35,36)/t17?,21-,22-,23-/m0/s1. The molecule has 7 N–H and O–H groups in total. The van der Waals surface area contributed by atoms with Crippen LogP contribution in [-0.4, -0.2) is 71.7 Å². The molecule has 0 saturated heterocycles. The highest BCUT2D eigenvalue weighted by atomic mass is 16.5. The van der Waals surface area contributed by atoms with Crippen molar-refractivity contribution in [3.63, 3.8) is 0 Å². The number of benzene rings is 1. The summed E-state index contributed by atoms with van der Waals surface area (Å²) < 4.78 is 4.84. The fourth-order valence-electron chi connectivity index (χ4n) is 4.25. The summed E-state index contributed by atoms with van der Waals surface area (Å²) in [4.78, 5) is 53.7. The van der Waals surface area contributed by atoms with Gasteiger partial charge in [-0.15, -0.1) is 0 Å². The van der Waals surface area contributed by atoms with Gasteiger partial charge in [-0.3, -0.25) is 19.7 Å². The van der Waals surface area contributed by atoms with Crippen molar-refractivity contribution < 1.29 is 29.0 Å². The quantitative estimate of drug-likeness (QED) is 0.139. The molecule has 4 atom stereocenters. The Morgan fingerprint density at radius 2 is 1.66 bits per heavy atom. The van der Waals surface area contributed by atoms with Crippen LogP contribution in [0.5, 0.6) is 0 Å². The number of rotatable bonds is 16.